The van der Waals surface area contributed by atoms with E-state index in [0.717, 1.165) is 56.5 Å². The quantitative estimate of drug-likeness (QED) is 0.209. The third-order valence-electron chi connectivity index (χ3n) is 8.34. The van der Waals surface area contributed by atoms with E-state index in [1.165, 1.54) is 11.1 Å². The minimum Gasteiger partial charge on any atom is -0.457 e. The first-order valence-electron chi connectivity index (χ1n) is 14.7. The first kappa shape index (κ1) is 25.8. The van der Waals surface area contributed by atoms with Crippen molar-refractivity contribution in [2.45, 2.75) is 5.41 Å². The summed E-state index contributed by atoms with van der Waals surface area (Å²) in [5.74, 6) is 1.74. The van der Waals surface area contributed by atoms with E-state index in [-0.39, 0.29) is 0 Å². The topological polar surface area (TPSA) is 47.9 Å². The van der Waals surface area contributed by atoms with Crippen LogP contribution in [0.15, 0.2) is 164 Å². The Bertz CT molecular complexity index is 1970. The van der Waals surface area contributed by atoms with Gasteiger partial charge in [0.05, 0.1) is 28.2 Å². The van der Waals surface area contributed by atoms with E-state index in [0.29, 0.717) is 0 Å². The van der Waals surface area contributed by atoms with Crippen molar-refractivity contribution in [3.05, 3.63) is 186 Å². The summed E-state index contributed by atoms with van der Waals surface area (Å²) in [6, 6.07) is 52.4. The molecule has 4 nitrogen and oxygen atoms in total. The van der Waals surface area contributed by atoms with Gasteiger partial charge in [0.25, 0.3) is 0 Å². The summed E-state index contributed by atoms with van der Waals surface area (Å²) in [5, 5.41) is 0. The number of nitrogens with zero attached hydrogens (tertiary/aromatic N) is 3. The minimum absolute atomic E-state index is 0.554. The summed E-state index contributed by atoms with van der Waals surface area (Å²) in [5.41, 5.74) is 9.44. The Hall–Kier alpha value is -5.87. The predicted molar refractivity (Wildman–Crippen MR) is 175 cm³/mol. The minimum atomic E-state index is -0.554. The number of fused-ring (bicyclic) bond motifs is 2. The van der Waals surface area contributed by atoms with Gasteiger partial charge in [-0.2, -0.15) is 0 Å². The zero-order chi connectivity index (χ0) is 29.3. The zero-order valence-electron chi connectivity index (χ0n) is 23.8. The third-order valence-corrected chi connectivity index (χ3v) is 8.34. The molecule has 44 heavy (non-hydrogen) atoms. The van der Waals surface area contributed by atoms with Crippen molar-refractivity contribution < 1.29 is 4.74 Å². The van der Waals surface area contributed by atoms with E-state index in [9.17, 15) is 0 Å². The third kappa shape index (κ3) is 4.27. The Kier molecular flexibility index (Phi) is 6.31. The van der Waals surface area contributed by atoms with Crippen LogP contribution < -0.4 is 4.74 Å². The molecule has 4 aromatic carbocycles. The fraction of sp³-hybridized carbons (Fsp3) is 0.0250. The summed E-state index contributed by atoms with van der Waals surface area (Å²) in [7, 11) is 0. The number of hydrogen-bond donors (Lipinski definition) is 0. The predicted octanol–water partition coefficient (Wildman–Crippen LogP) is 9.36. The van der Waals surface area contributed by atoms with Gasteiger partial charge >= 0.3 is 0 Å². The van der Waals surface area contributed by atoms with Crippen LogP contribution in [0, 0.1) is 0 Å². The van der Waals surface area contributed by atoms with Gasteiger partial charge in [0.1, 0.15) is 11.5 Å². The van der Waals surface area contributed by atoms with Gasteiger partial charge in [-0.3, -0.25) is 9.97 Å². The number of pyridine rings is 3. The normalized spacial score (nSPS) is 12.9. The van der Waals surface area contributed by atoms with E-state index in [4.69, 9.17) is 9.72 Å². The molecule has 208 valence electrons. The van der Waals surface area contributed by atoms with Crippen molar-refractivity contribution in [2.24, 2.45) is 0 Å². The molecule has 4 heterocycles. The van der Waals surface area contributed by atoms with E-state index in [1.807, 2.05) is 48.5 Å². The van der Waals surface area contributed by atoms with Crippen molar-refractivity contribution in [1.82, 2.24) is 15.0 Å². The monoisotopic (exact) mass is 565 g/mol. The molecule has 3 aromatic heterocycles. The highest BCUT2D eigenvalue weighted by Gasteiger charge is 2.45. The van der Waals surface area contributed by atoms with Crippen LogP contribution in [-0.2, 0) is 5.41 Å². The van der Waals surface area contributed by atoms with Gasteiger partial charge in [-0.25, -0.2) is 4.98 Å². The Morgan fingerprint density at radius 1 is 0.409 bits per heavy atom. The molecule has 0 spiro atoms. The summed E-state index contributed by atoms with van der Waals surface area (Å²) >= 11 is 0. The zero-order valence-corrected chi connectivity index (χ0v) is 23.8. The van der Waals surface area contributed by atoms with Crippen LogP contribution in [-0.4, -0.2) is 15.0 Å². The standard InChI is InChI=1S/C40H27N3O/c1-2-12-30(13-3-1)40(32-14-4-6-18-38(32)44-39-19-7-5-15-33(39)40)31-22-20-28(21-23-31)29-26-36(34-16-8-10-24-41-34)43-37(27-29)35-17-9-11-25-42-35/h1-27H. The molecular weight excluding hydrogens is 538 g/mol. The number of rotatable bonds is 5. The molecule has 0 N–H and O–H groups in total. The summed E-state index contributed by atoms with van der Waals surface area (Å²) < 4.78 is 6.46. The molecule has 0 saturated heterocycles. The van der Waals surface area contributed by atoms with E-state index >= 15 is 0 Å². The Labute approximate surface area is 256 Å². The number of benzene rings is 4. The number of aromatic nitrogens is 3. The second kappa shape index (κ2) is 10.8. The van der Waals surface area contributed by atoms with Gasteiger partial charge in [-0.05, 0) is 70.8 Å². The number of para-hydroxylation sites is 2. The molecule has 0 fully saturated rings. The first-order chi connectivity index (χ1) is 21.8. The highest BCUT2D eigenvalue weighted by molar-refractivity contribution is 5.76. The van der Waals surface area contributed by atoms with Gasteiger partial charge < -0.3 is 4.74 Å². The fourth-order valence-electron chi connectivity index (χ4n) is 6.37. The maximum Gasteiger partial charge on any atom is 0.132 e. The molecule has 7 aromatic rings. The second-order valence-corrected chi connectivity index (χ2v) is 10.8. The van der Waals surface area contributed by atoms with E-state index < -0.39 is 5.41 Å². The molecule has 0 saturated carbocycles. The average molecular weight is 566 g/mol. The molecular formula is C40H27N3O. The van der Waals surface area contributed by atoms with Crippen LogP contribution in [0.5, 0.6) is 11.5 Å². The highest BCUT2D eigenvalue weighted by atomic mass is 16.5. The van der Waals surface area contributed by atoms with Gasteiger partial charge in [0.2, 0.25) is 0 Å². The fourth-order valence-corrected chi connectivity index (χ4v) is 6.37. The highest BCUT2D eigenvalue weighted by Crippen LogP contribution is 2.55. The molecule has 1 aliphatic rings. The molecule has 0 atom stereocenters. The van der Waals surface area contributed by atoms with Crippen molar-refractivity contribution in [2.75, 3.05) is 0 Å². The van der Waals surface area contributed by atoms with Gasteiger partial charge in [-0.15, -0.1) is 0 Å². The Morgan fingerprint density at radius 2 is 0.909 bits per heavy atom. The van der Waals surface area contributed by atoms with E-state index in [1.54, 1.807) is 12.4 Å². The van der Waals surface area contributed by atoms with Crippen molar-refractivity contribution in [1.29, 1.82) is 0 Å². The largest absolute Gasteiger partial charge is 0.457 e. The average Bonchev–Trinajstić information content (AvgIpc) is 3.11. The Morgan fingerprint density at radius 3 is 1.45 bits per heavy atom. The maximum absolute atomic E-state index is 6.46. The lowest BCUT2D eigenvalue weighted by Crippen LogP contribution is -2.34. The lowest BCUT2D eigenvalue weighted by molar-refractivity contribution is 0.434. The SMILES string of the molecule is c1ccc(C2(c3ccc(-c4cc(-c5ccccn5)nc(-c5ccccn5)c4)cc3)c3ccccc3Oc3ccccc32)cc1. The van der Waals surface area contributed by atoms with Crippen molar-refractivity contribution in [3.8, 4) is 45.4 Å². The Balaban J connectivity index is 1.32. The number of hydrogen-bond acceptors (Lipinski definition) is 4. The lowest BCUT2D eigenvalue weighted by atomic mass is 9.63. The van der Waals surface area contributed by atoms with Crippen molar-refractivity contribution >= 4 is 0 Å². The van der Waals surface area contributed by atoms with Gasteiger partial charge in [-0.1, -0.05) is 103 Å². The summed E-state index contributed by atoms with van der Waals surface area (Å²) in [4.78, 5) is 14.1. The molecule has 0 amide bonds. The van der Waals surface area contributed by atoms with Crippen LogP contribution in [0.3, 0.4) is 0 Å². The van der Waals surface area contributed by atoms with Crippen LogP contribution in [0.1, 0.15) is 22.3 Å². The van der Waals surface area contributed by atoms with E-state index in [2.05, 4.69) is 113 Å². The first-order valence-corrected chi connectivity index (χ1v) is 14.7. The van der Waals surface area contributed by atoms with Crippen LogP contribution >= 0.6 is 0 Å². The van der Waals surface area contributed by atoms with Crippen LogP contribution in [0.25, 0.3) is 33.9 Å². The molecule has 1 aliphatic heterocycles. The van der Waals surface area contributed by atoms with Crippen LogP contribution in [0.2, 0.25) is 0 Å². The smallest absolute Gasteiger partial charge is 0.132 e. The molecule has 0 unspecified atom stereocenters. The number of ether oxygens (including phenoxy) is 1. The maximum atomic E-state index is 6.46. The molecule has 0 radical (unpaired) electrons. The van der Waals surface area contributed by atoms with Gasteiger partial charge in [0, 0.05) is 23.5 Å². The van der Waals surface area contributed by atoms with Crippen LogP contribution in [0.4, 0.5) is 0 Å². The van der Waals surface area contributed by atoms with Crippen molar-refractivity contribution in [3.63, 3.8) is 0 Å². The summed E-state index contributed by atoms with van der Waals surface area (Å²) in [6.07, 6.45) is 3.59. The summed E-state index contributed by atoms with van der Waals surface area (Å²) in [6.45, 7) is 0. The lowest BCUT2D eigenvalue weighted by Gasteiger charge is -2.41. The molecule has 0 bridgehead atoms. The molecule has 4 heteroatoms. The second-order valence-electron chi connectivity index (χ2n) is 10.8. The van der Waals surface area contributed by atoms with Gasteiger partial charge in [0.15, 0.2) is 0 Å². The molecule has 8 rings (SSSR count). The molecule has 0 aliphatic carbocycles.